The molecule has 0 aliphatic heterocycles. The van der Waals surface area contributed by atoms with Gasteiger partial charge < -0.3 is 9.52 Å². The number of hydrogen-bond acceptors (Lipinski definition) is 4. The summed E-state index contributed by atoms with van der Waals surface area (Å²) in [5, 5.41) is 9.17. The van der Waals surface area contributed by atoms with E-state index in [0.29, 0.717) is 16.9 Å². The van der Waals surface area contributed by atoms with Crippen LogP contribution < -0.4 is 0 Å². The van der Waals surface area contributed by atoms with Gasteiger partial charge in [-0.05, 0) is 12.1 Å². The molecule has 1 atom stereocenters. The molecule has 0 saturated heterocycles. The van der Waals surface area contributed by atoms with E-state index in [1.165, 1.54) is 0 Å². The fourth-order valence-electron chi connectivity index (χ4n) is 2.27. The monoisotopic (exact) mass is 326 g/mol. The number of benzene rings is 2. The topological polar surface area (TPSA) is 67.5 Å². The van der Waals surface area contributed by atoms with Crippen LogP contribution in [0.1, 0.15) is 16.1 Å². The maximum atomic E-state index is 12.2. The first kappa shape index (κ1) is 15.4. The maximum Gasteiger partial charge on any atom is 0.317 e. The first-order valence-electron chi connectivity index (χ1n) is 7.10. The number of fused-ring (bicyclic) bond motifs is 1. The van der Waals surface area contributed by atoms with Crippen molar-refractivity contribution in [3.8, 4) is 0 Å². The van der Waals surface area contributed by atoms with Crippen molar-refractivity contribution in [2.75, 3.05) is 0 Å². The van der Waals surface area contributed by atoms with Crippen molar-refractivity contribution in [1.82, 2.24) is 0 Å². The summed E-state index contributed by atoms with van der Waals surface area (Å²) < 4.78 is 5.65. The SMILES string of the molecule is O=C(S[C@@H](Cc1cc2ccccc2o1)C(=O)O)c1ccccc1. The molecule has 0 unspecified atom stereocenters. The maximum absolute atomic E-state index is 12.2. The van der Waals surface area contributed by atoms with E-state index in [4.69, 9.17) is 4.42 Å². The Hall–Kier alpha value is -2.53. The Morgan fingerprint density at radius 1 is 1.04 bits per heavy atom. The molecule has 0 aliphatic carbocycles. The average molecular weight is 326 g/mol. The molecular weight excluding hydrogens is 312 g/mol. The van der Waals surface area contributed by atoms with Gasteiger partial charge in [-0.2, -0.15) is 0 Å². The molecule has 3 rings (SSSR count). The second-order valence-corrected chi connectivity index (χ2v) is 6.23. The molecule has 1 heterocycles. The van der Waals surface area contributed by atoms with Gasteiger partial charge in [-0.25, -0.2) is 0 Å². The Morgan fingerprint density at radius 2 is 1.74 bits per heavy atom. The molecular formula is C18H14O4S. The fraction of sp³-hybridized carbons (Fsp3) is 0.111. The predicted octanol–water partition coefficient (Wildman–Crippen LogP) is 4.00. The van der Waals surface area contributed by atoms with Crippen LogP contribution in [0.3, 0.4) is 0 Å². The molecule has 0 saturated carbocycles. The molecule has 23 heavy (non-hydrogen) atoms. The van der Waals surface area contributed by atoms with Crippen LogP contribution in [0.5, 0.6) is 0 Å². The van der Waals surface area contributed by atoms with Crippen LogP contribution >= 0.6 is 11.8 Å². The second-order valence-electron chi connectivity index (χ2n) is 5.05. The van der Waals surface area contributed by atoms with Gasteiger partial charge in [0.25, 0.3) is 0 Å². The normalized spacial score (nSPS) is 12.2. The van der Waals surface area contributed by atoms with Crippen molar-refractivity contribution in [3.63, 3.8) is 0 Å². The lowest BCUT2D eigenvalue weighted by Crippen LogP contribution is -2.21. The molecule has 0 radical (unpaired) electrons. The number of para-hydroxylation sites is 1. The summed E-state index contributed by atoms with van der Waals surface area (Å²) in [5.74, 6) is -0.466. The van der Waals surface area contributed by atoms with E-state index < -0.39 is 11.2 Å². The Balaban J connectivity index is 1.76. The number of carbonyl (C=O) groups excluding carboxylic acids is 1. The van der Waals surface area contributed by atoms with Crippen LogP contribution in [0.4, 0.5) is 0 Å². The standard InChI is InChI=1S/C18H14O4S/c19-17(20)16(23-18(21)12-6-2-1-3-7-12)11-14-10-13-8-4-5-9-15(13)22-14/h1-10,16H,11H2,(H,19,20)/t16-/m0/s1. The number of carbonyl (C=O) groups is 2. The van der Waals surface area contributed by atoms with E-state index >= 15 is 0 Å². The summed E-state index contributed by atoms with van der Waals surface area (Å²) in [6.45, 7) is 0. The van der Waals surface area contributed by atoms with Crippen molar-refractivity contribution in [3.05, 3.63) is 72.0 Å². The zero-order valence-corrected chi connectivity index (χ0v) is 13.0. The Labute approximate surface area is 137 Å². The minimum atomic E-state index is -1.03. The Morgan fingerprint density at radius 3 is 2.43 bits per heavy atom. The van der Waals surface area contributed by atoms with E-state index in [2.05, 4.69) is 0 Å². The van der Waals surface area contributed by atoms with E-state index in [0.717, 1.165) is 17.1 Å². The second kappa shape index (κ2) is 6.71. The number of carboxylic acids is 1. The van der Waals surface area contributed by atoms with Crippen LogP contribution in [-0.4, -0.2) is 21.4 Å². The fourth-order valence-corrected chi connectivity index (χ4v) is 3.15. The van der Waals surface area contributed by atoms with Crippen LogP contribution in [0.2, 0.25) is 0 Å². The highest BCUT2D eigenvalue weighted by Gasteiger charge is 2.24. The van der Waals surface area contributed by atoms with Crippen molar-refractivity contribution in [2.24, 2.45) is 0 Å². The van der Waals surface area contributed by atoms with Crippen LogP contribution in [0, 0.1) is 0 Å². The van der Waals surface area contributed by atoms with Gasteiger partial charge in [-0.3, -0.25) is 9.59 Å². The summed E-state index contributed by atoms with van der Waals surface area (Å²) in [6, 6.07) is 18.0. The van der Waals surface area contributed by atoms with Crippen LogP contribution in [-0.2, 0) is 11.2 Å². The Kier molecular flexibility index (Phi) is 4.48. The summed E-state index contributed by atoms with van der Waals surface area (Å²) in [4.78, 5) is 23.7. The predicted molar refractivity (Wildman–Crippen MR) is 89.7 cm³/mol. The van der Waals surface area contributed by atoms with Gasteiger partial charge >= 0.3 is 5.97 Å². The summed E-state index contributed by atoms with van der Waals surface area (Å²) in [7, 11) is 0. The quantitative estimate of drug-likeness (QED) is 0.767. The number of rotatable bonds is 5. The molecule has 5 heteroatoms. The average Bonchev–Trinajstić information content (AvgIpc) is 2.97. The highest BCUT2D eigenvalue weighted by Crippen LogP contribution is 2.25. The highest BCUT2D eigenvalue weighted by molar-refractivity contribution is 8.15. The van der Waals surface area contributed by atoms with E-state index in [-0.39, 0.29) is 11.5 Å². The van der Waals surface area contributed by atoms with Crippen molar-refractivity contribution >= 4 is 33.8 Å². The Bertz CT molecular complexity index is 805. The van der Waals surface area contributed by atoms with Crippen molar-refractivity contribution in [1.29, 1.82) is 0 Å². The number of furan rings is 1. The molecule has 3 aromatic rings. The molecule has 1 aromatic heterocycles. The first-order chi connectivity index (χ1) is 11.1. The summed E-state index contributed by atoms with van der Waals surface area (Å²) in [5.41, 5.74) is 1.21. The molecule has 0 aliphatic rings. The van der Waals surface area contributed by atoms with Gasteiger partial charge in [0.05, 0.1) is 0 Å². The number of thioether (sulfide) groups is 1. The highest BCUT2D eigenvalue weighted by atomic mass is 32.2. The van der Waals surface area contributed by atoms with E-state index in [1.54, 1.807) is 24.3 Å². The zero-order valence-electron chi connectivity index (χ0n) is 12.1. The number of aliphatic carboxylic acids is 1. The summed E-state index contributed by atoms with van der Waals surface area (Å²) >= 11 is 0.812. The zero-order chi connectivity index (χ0) is 16.2. The summed E-state index contributed by atoms with van der Waals surface area (Å²) in [6.07, 6.45) is 0.160. The first-order valence-corrected chi connectivity index (χ1v) is 7.98. The van der Waals surface area contributed by atoms with Crippen LogP contribution in [0.15, 0.2) is 65.1 Å². The van der Waals surface area contributed by atoms with Crippen molar-refractivity contribution in [2.45, 2.75) is 11.7 Å². The van der Waals surface area contributed by atoms with E-state index in [9.17, 15) is 14.7 Å². The number of hydrogen-bond donors (Lipinski definition) is 1. The van der Waals surface area contributed by atoms with Gasteiger partial charge in [-0.15, -0.1) is 0 Å². The lowest BCUT2D eigenvalue weighted by atomic mass is 10.2. The number of carboxylic acid groups (broad SMARTS) is 1. The minimum Gasteiger partial charge on any atom is -0.480 e. The smallest absolute Gasteiger partial charge is 0.317 e. The molecule has 0 fully saturated rings. The minimum absolute atomic E-state index is 0.160. The third-order valence-electron chi connectivity index (χ3n) is 3.40. The van der Waals surface area contributed by atoms with Gasteiger partial charge in [0.15, 0.2) is 0 Å². The lowest BCUT2D eigenvalue weighted by molar-refractivity contribution is -0.136. The molecule has 116 valence electrons. The molecule has 0 bridgehead atoms. The largest absolute Gasteiger partial charge is 0.480 e. The lowest BCUT2D eigenvalue weighted by Gasteiger charge is -2.09. The van der Waals surface area contributed by atoms with Crippen molar-refractivity contribution < 1.29 is 19.1 Å². The van der Waals surface area contributed by atoms with Gasteiger partial charge in [0.1, 0.15) is 16.6 Å². The van der Waals surface area contributed by atoms with Gasteiger partial charge in [0.2, 0.25) is 5.12 Å². The van der Waals surface area contributed by atoms with Crippen LogP contribution in [0.25, 0.3) is 11.0 Å². The van der Waals surface area contributed by atoms with Gasteiger partial charge in [-0.1, -0.05) is 60.3 Å². The molecule has 0 spiro atoms. The molecule has 2 aromatic carbocycles. The third-order valence-corrected chi connectivity index (χ3v) is 4.50. The third kappa shape index (κ3) is 3.63. The molecule has 1 N–H and O–H groups in total. The molecule has 0 amide bonds. The molecule has 4 nitrogen and oxygen atoms in total. The van der Waals surface area contributed by atoms with E-state index in [1.807, 2.05) is 36.4 Å². The van der Waals surface area contributed by atoms with Gasteiger partial charge in [0, 0.05) is 17.4 Å².